The molecule has 1 amide bonds. The third kappa shape index (κ3) is 15.7. The van der Waals surface area contributed by atoms with Crippen LogP contribution in [-0.4, -0.2) is 36.6 Å². The largest absolute Gasteiger partial charge is 0.466 e. The van der Waals surface area contributed by atoms with Gasteiger partial charge in [0.05, 0.1) is 13.2 Å². The lowest BCUT2D eigenvalue weighted by atomic mass is 9.92. The first-order chi connectivity index (χ1) is 16.5. The maximum absolute atomic E-state index is 12.9. The molecule has 0 aromatic rings. The fourth-order valence-electron chi connectivity index (χ4n) is 3.72. The normalized spacial score (nSPS) is 12.4. The fourth-order valence-corrected chi connectivity index (χ4v) is 3.72. The van der Waals surface area contributed by atoms with Crippen molar-refractivity contribution in [1.82, 2.24) is 5.32 Å². The Morgan fingerprint density at radius 2 is 1.24 bits per heavy atom. The van der Waals surface area contributed by atoms with Crippen LogP contribution in [0.25, 0.3) is 0 Å². The van der Waals surface area contributed by atoms with E-state index in [2.05, 4.69) is 25.1 Å². The number of ether oxygens (including phenoxy) is 2. The van der Waals surface area contributed by atoms with E-state index in [9.17, 15) is 14.4 Å². The first-order valence-electron chi connectivity index (χ1n) is 13.6. The van der Waals surface area contributed by atoms with Gasteiger partial charge in [-0.15, -0.1) is 6.42 Å². The van der Waals surface area contributed by atoms with E-state index >= 15 is 0 Å². The minimum atomic E-state index is -1.55. The number of amides is 1. The summed E-state index contributed by atoms with van der Waals surface area (Å²) >= 11 is 0. The Labute approximate surface area is 208 Å². The highest BCUT2D eigenvalue weighted by Crippen LogP contribution is 2.18. The monoisotopic (exact) mass is 479 g/mol. The second kappa shape index (κ2) is 21.5. The maximum atomic E-state index is 12.9. The van der Waals surface area contributed by atoms with Gasteiger partial charge < -0.3 is 14.8 Å². The van der Waals surface area contributed by atoms with E-state index in [1.807, 2.05) is 6.92 Å². The average molecular weight is 480 g/mol. The molecule has 34 heavy (non-hydrogen) atoms. The molecule has 6 heteroatoms. The molecule has 0 fully saturated rings. The van der Waals surface area contributed by atoms with Gasteiger partial charge in [-0.1, -0.05) is 90.9 Å². The average Bonchev–Trinajstić information content (AvgIpc) is 2.82. The van der Waals surface area contributed by atoms with Crippen LogP contribution in [0.5, 0.6) is 0 Å². The molecule has 0 aliphatic heterocycles. The molecule has 1 atom stereocenters. The number of unbranched alkanes of at least 4 members (excludes halogenated alkanes) is 10. The summed E-state index contributed by atoms with van der Waals surface area (Å²) in [6.45, 7) is 6.93. The Hall–Kier alpha value is -2.03. The van der Waals surface area contributed by atoms with Crippen LogP contribution < -0.4 is 5.32 Å². The summed E-state index contributed by atoms with van der Waals surface area (Å²) in [5, 5.41) is 2.70. The molecule has 1 unspecified atom stereocenters. The predicted octanol–water partition coefficient (Wildman–Crippen LogP) is 6.25. The first-order valence-corrected chi connectivity index (χ1v) is 13.6. The van der Waals surface area contributed by atoms with Gasteiger partial charge in [0.2, 0.25) is 5.91 Å². The number of terminal acetylenes is 1. The van der Waals surface area contributed by atoms with Gasteiger partial charge in [0, 0.05) is 12.8 Å². The van der Waals surface area contributed by atoms with Crippen molar-refractivity contribution in [3.63, 3.8) is 0 Å². The SMILES string of the molecule is C#CC(CCCC(=O)OCCCCCCCC)(NC(=O)CCC)C(=O)OCCCCCCCC. The van der Waals surface area contributed by atoms with Crippen LogP contribution >= 0.6 is 0 Å². The van der Waals surface area contributed by atoms with E-state index in [1.165, 1.54) is 38.5 Å². The lowest BCUT2D eigenvalue weighted by Crippen LogP contribution is -2.54. The molecule has 6 nitrogen and oxygen atoms in total. The van der Waals surface area contributed by atoms with Crippen LogP contribution in [-0.2, 0) is 23.9 Å². The summed E-state index contributed by atoms with van der Waals surface area (Å²) in [4.78, 5) is 37.2. The number of rotatable bonds is 22. The highest BCUT2D eigenvalue weighted by molar-refractivity contribution is 5.91. The minimum Gasteiger partial charge on any atom is -0.466 e. The van der Waals surface area contributed by atoms with Crippen LogP contribution in [0.15, 0.2) is 0 Å². The molecule has 0 heterocycles. The molecule has 0 saturated carbocycles. The van der Waals surface area contributed by atoms with Crippen molar-refractivity contribution in [2.45, 2.75) is 135 Å². The molecule has 0 aliphatic carbocycles. The number of carbonyl (C=O) groups excluding carboxylic acids is 3. The quantitative estimate of drug-likeness (QED) is 0.113. The Morgan fingerprint density at radius 3 is 1.76 bits per heavy atom. The van der Waals surface area contributed by atoms with Crippen molar-refractivity contribution >= 4 is 17.8 Å². The van der Waals surface area contributed by atoms with E-state index < -0.39 is 11.5 Å². The number of carbonyl (C=O) groups is 3. The van der Waals surface area contributed by atoms with Crippen LogP contribution in [0.2, 0.25) is 0 Å². The molecule has 0 aromatic carbocycles. The van der Waals surface area contributed by atoms with E-state index in [1.54, 1.807) is 0 Å². The van der Waals surface area contributed by atoms with Crippen molar-refractivity contribution in [1.29, 1.82) is 0 Å². The summed E-state index contributed by atoms with van der Waals surface area (Å²) in [5.74, 6) is 1.25. The molecule has 0 spiro atoms. The molecular weight excluding hydrogens is 430 g/mol. The van der Waals surface area contributed by atoms with Crippen molar-refractivity contribution in [3.05, 3.63) is 0 Å². The molecule has 1 N–H and O–H groups in total. The summed E-state index contributed by atoms with van der Waals surface area (Å²) < 4.78 is 10.8. The molecule has 0 radical (unpaired) electrons. The van der Waals surface area contributed by atoms with Gasteiger partial charge in [-0.3, -0.25) is 9.59 Å². The number of esters is 2. The second-order valence-electron chi connectivity index (χ2n) is 9.09. The summed E-state index contributed by atoms with van der Waals surface area (Å²) in [7, 11) is 0. The van der Waals surface area contributed by atoms with Crippen LogP contribution in [0.4, 0.5) is 0 Å². The Kier molecular flexibility index (Phi) is 20.2. The third-order valence-electron chi connectivity index (χ3n) is 5.85. The van der Waals surface area contributed by atoms with Gasteiger partial charge in [0.25, 0.3) is 0 Å². The Morgan fingerprint density at radius 1 is 0.706 bits per heavy atom. The molecule has 0 bridgehead atoms. The third-order valence-corrected chi connectivity index (χ3v) is 5.85. The van der Waals surface area contributed by atoms with Crippen LogP contribution in [0.3, 0.4) is 0 Å². The fraction of sp³-hybridized carbons (Fsp3) is 0.821. The van der Waals surface area contributed by atoms with Crippen LogP contribution in [0, 0.1) is 12.3 Å². The summed E-state index contributed by atoms with van der Waals surface area (Å²) in [6, 6.07) is 0. The van der Waals surface area contributed by atoms with E-state index in [0.717, 1.165) is 38.5 Å². The Balaban J connectivity index is 4.57. The first kappa shape index (κ1) is 32.0. The molecule has 196 valence electrons. The molecule has 0 saturated heterocycles. The zero-order valence-electron chi connectivity index (χ0n) is 22.1. The standard InChI is InChI=1S/C28H49NO5/c1-5-9-11-13-15-17-23-33-26(31)21-19-22-28(8-4,29-25(30)20-7-3)27(32)34-24-18-16-14-12-10-6-2/h4H,5-7,9-24H2,1-3H3,(H,29,30). The zero-order chi connectivity index (χ0) is 25.5. The highest BCUT2D eigenvalue weighted by Gasteiger charge is 2.39. The topological polar surface area (TPSA) is 81.7 Å². The van der Waals surface area contributed by atoms with Crippen molar-refractivity contribution in [3.8, 4) is 12.3 Å². The lowest BCUT2D eigenvalue weighted by Gasteiger charge is -2.27. The summed E-state index contributed by atoms with van der Waals surface area (Å²) in [6.07, 6.45) is 20.5. The molecule has 0 rings (SSSR count). The second-order valence-corrected chi connectivity index (χ2v) is 9.09. The Bertz CT molecular complexity index is 598. The highest BCUT2D eigenvalue weighted by atomic mass is 16.5. The van der Waals surface area contributed by atoms with Crippen molar-refractivity contribution in [2.75, 3.05) is 13.2 Å². The molecule has 0 aliphatic rings. The number of nitrogens with one attached hydrogen (secondary N) is 1. The zero-order valence-corrected chi connectivity index (χ0v) is 22.1. The predicted molar refractivity (Wildman–Crippen MR) is 137 cm³/mol. The van der Waals surface area contributed by atoms with Gasteiger partial charge in [0.1, 0.15) is 0 Å². The van der Waals surface area contributed by atoms with Gasteiger partial charge in [-0.05, 0) is 32.1 Å². The van der Waals surface area contributed by atoms with E-state index in [4.69, 9.17) is 15.9 Å². The number of hydrogen-bond acceptors (Lipinski definition) is 5. The summed E-state index contributed by atoms with van der Waals surface area (Å²) in [5.41, 5.74) is -1.55. The lowest BCUT2D eigenvalue weighted by molar-refractivity contribution is -0.152. The van der Waals surface area contributed by atoms with E-state index in [-0.39, 0.29) is 37.7 Å². The van der Waals surface area contributed by atoms with Crippen molar-refractivity contribution in [2.24, 2.45) is 0 Å². The van der Waals surface area contributed by atoms with E-state index in [0.29, 0.717) is 19.4 Å². The maximum Gasteiger partial charge on any atom is 0.344 e. The van der Waals surface area contributed by atoms with Gasteiger partial charge in [-0.2, -0.15) is 0 Å². The minimum absolute atomic E-state index is 0.139. The molecular formula is C28H49NO5. The molecule has 0 aromatic heterocycles. The van der Waals surface area contributed by atoms with Crippen LogP contribution in [0.1, 0.15) is 130 Å². The number of hydrogen-bond donors (Lipinski definition) is 1. The van der Waals surface area contributed by atoms with Gasteiger partial charge in [0.15, 0.2) is 5.54 Å². The van der Waals surface area contributed by atoms with Crippen molar-refractivity contribution < 1.29 is 23.9 Å². The smallest absolute Gasteiger partial charge is 0.344 e. The van der Waals surface area contributed by atoms with Gasteiger partial charge in [-0.25, -0.2) is 4.79 Å². The van der Waals surface area contributed by atoms with Gasteiger partial charge >= 0.3 is 11.9 Å².